The van der Waals surface area contributed by atoms with Crippen LogP contribution in [0.15, 0.2) is 0 Å². The summed E-state index contributed by atoms with van der Waals surface area (Å²) in [5.74, 6) is 0. The van der Waals surface area contributed by atoms with Crippen molar-refractivity contribution < 1.29 is 10.2 Å². The Bertz CT molecular complexity index is 140. The first-order chi connectivity index (χ1) is 4.77. The summed E-state index contributed by atoms with van der Waals surface area (Å²) in [4.78, 5) is 0. The number of rotatable bonds is 0. The summed E-state index contributed by atoms with van der Waals surface area (Å²) in [6, 6.07) is 0.622. The molecule has 0 aromatic carbocycles. The third-order valence-corrected chi connectivity index (χ3v) is 2.61. The highest BCUT2D eigenvalue weighted by Crippen LogP contribution is 2.26. The first kappa shape index (κ1) is 6.58. The molecule has 3 heteroatoms. The number of nitrogens with one attached hydrogen (secondary N) is 1. The van der Waals surface area contributed by atoms with Crippen LogP contribution in [0.25, 0.3) is 0 Å². The van der Waals surface area contributed by atoms with Gasteiger partial charge in [0, 0.05) is 12.1 Å². The van der Waals surface area contributed by atoms with Gasteiger partial charge in [0.2, 0.25) is 0 Å². The molecule has 0 saturated carbocycles. The summed E-state index contributed by atoms with van der Waals surface area (Å²) >= 11 is 0. The average molecular weight is 143 g/mol. The summed E-state index contributed by atoms with van der Waals surface area (Å²) < 4.78 is 0. The molecule has 0 unspecified atom stereocenters. The smallest absolute Gasteiger partial charge is 0.0952 e. The third-order valence-electron chi connectivity index (χ3n) is 2.61. The van der Waals surface area contributed by atoms with Gasteiger partial charge < -0.3 is 15.5 Å². The maximum Gasteiger partial charge on any atom is 0.0952 e. The Kier molecular flexibility index (Phi) is 1.44. The number of hydrogen-bond acceptors (Lipinski definition) is 3. The summed E-state index contributed by atoms with van der Waals surface area (Å²) in [5.41, 5.74) is 0. The van der Waals surface area contributed by atoms with Gasteiger partial charge in [-0.1, -0.05) is 0 Å². The Morgan fingerprint density at radius 1 is 1.20 bits per heavy atom. The lowest BCUT2D eigenvalue weighted by molar-refractivity contribution is -0.0237. The zero-order valence-electron chi connectivity index (χ0n) is 5.83. The minimum atomic E-state index is -0.529. The van der Waals surface area contributed by atoms with Gasteiger partial charge in [-0.25, -0.2) is 0 Å². The zero-order chi connectivity index (χ0) is 7.14. The molecule has 58 valence electrons. The Labute approximate surface area is 60.1 Å². The molecule has 10 heavy (non-hydrogen) atoms. The van der Waals surface area contributed by atoms with E-state index in [9.17, 15) is 10.2 Å². The van der Waals surface area contributed by atoms with Gasteiger partial charge in [0.05, 0.1) is 12.2 Å². The molecule has 2 saturated heterocycles. The summed E-state index contributed by atoms with van der Waals surface area (Å²) in [6.07, 6.45) is 1.83. The number of piperidine rings is 1. The number of aliphatic hydroxyl groups is 2. The van der Waals surface area contributed by atoms with E-state index in [4.69, 9.17) is 0 Å². The van der Waals surface area contributed by atoms with Gasteiger partial charge in [0.1, 0.15) is 0 Å². The van der Waals surface area contributed by atoms with E-state index in [0.29, 0.717) is 6.04 Å². The standard InChI is InChI=1S/C7H13NO2/c9-6-3-4-1-2-5(8-4)7(6)10/h4-10H,1-3H2/t4-,5+,6-,7-/m1/s1. The van der Waals surface area contributed by atoms with Crippen LogP contribution in [-0.2, 0) is 0 Å². The maximum atomic E-state index is 9.35. The molecule has 3 nitrogen and oxygen atoms in total. The van der Waals surface area contributed by atoms with E-state index >= 15 is 0 Å². The minimum absolute atomic E-state index is 0.161. The Morgan fingerprint density at radius 3 is 2.80 bits per heavy atom. The predicted molar refractivity (Wildman–Crippen MR) is 36.6 cm³/mol. The van der Waals surface area contributed by atoms with Crippen LogP contribution in [0.1, 0.15) is 19.3 Å². The lowest BCUT2D eigenvalue weighted by Crippen LogP contribution is -2.51. The van der Waals surface area contributed by atoms with Crippen LogP contribution in [-0.4, -0.2) is 34.5 Å². The molecule has 2 aliphatic rings. The highest BCUT2D eigenvalue weighted by Gasteiger charge is 2.39. The van der Waals surface area contributed by atoms with Crippen LogP contribution in [0.4, 0.5) is 0 Å². The molecule has 0 aliphatic carbocycles. The van der Waals surface area contributed by atoms with E-state index in [2.05, 4.69) is 5.32 Å². The van der Waals surface area contributed by atoms with E-state index in [-0.39, 0.29) is 6.04 Å². The van der Waals surface area contributed by atoms with Crippen molar-refractivity contribution >= 4 is 0 Å². The molecule has 0 aromatic heterocycles. The quantitative estimate of drug-likeness (QED) is 0.417. The van der Waals surface area contributed by atoms with Crippen LogP contribution in [0.2, 0.25) is 0 Å². The van der Waals surface area contributed by atoms with Gasteiger partial charge in [-0.3, -0.25) is 0 Å². The Morgan fingerprint density at radius 2 is 2.00 bits per heavy atom. The molecule has 0 spiro atoms. The van der Waals surface area contributed by atoms with Gasteiger partial charge in [0.15, 0.2) is 0 Å². The second kappa shape index (κ2) is 2.19. The van der Waals surface area contributed by atoms with Crippen LogP contribution >= 0.6 is 0 Å². The van der Waals surface area contributed by atoms with Crippen LogP contribution < -0.4 is 5.32 Å². The summed E-state index contributed by atoms with van der Waals surface area (Å²) in [5, 5.41) is 21.9. The SMILES string of the molecule is O[C@H]1[C@H](O)C[C@H]2CC[C@@H]1N2. The number of aliphatic hydroxyl groups excluding tert-OH is 2. The van der Waals surface area contributed by atoms with E-state index in [0.717, 1.165) is 19.3 Å². The second-order valence-electron chi connectivity index (χ2n) is 3.34. The van der Waals surface area contributed by atoms with Gasteiger partial charge in [-0.05, 0) is 19.3 Å². The van der Waals surface area contributed by atoms with Crippen LogP contribution in [0, 0.1) is 0 Å². The fourth-order valence-corrected chi connectivity index (χ4v) is 2.00. The van der Waals surface area contributed by atoms with Gasteiger partial charge in [-0.2, -0.15) is 0 Å². The van der Waals surface area contributed by atoms with Crippen molar-refractivity contribution in [3.63, 3.8) is 0 Å². The van der Waals surface area contributed by atoms with Crippen molar-refractivity contribution in [3.05, 3.63) is 0 Å². The minimum Gasteiger partial charge on any atom is -0.390 e. The molecule has 2 bridgehead atoms. The van der Waals surface area contributed by atoms with Crippen molar-refractivity contribution in [2.24, 2.45) is 0 Å². The highest BCUT2D eigenvalue weighted by molar-refractivity contribution is 4.97. The lowest BCUT2D eigenvalue weighted by Gasteiger charge is -2.30. The Balaban J connectivity index is 2.09. The first-order valence-electron chi connectivity index (χ1n) is 3.89. The molecule has 4 atom stereocenters. The van der Waals surface area contributed by atoms with Crippen molar-refractivity contribution in [1.29, 1.82) is 0 Å². The van der Waals surface area contributed by atoms with E-state index in [1.807, 2.05) is 0 Å². The Hall–Kier alpha value is -0.120. The predicted octanol–water partition coefficient (Wildman–Crippen LogP) is -0.768. The second-order valence-corrected chi connectivity index (χ2v) is 3.34. The molecule has 3 N–H and O–H groups in total. The molecule has 0 amide bonds. The van der Waals surface area contributed by atoms with Crippen molar-refractivity contribution in [1.82, 2.24) is 5.32 Å². The first-order valence-corrected chi connectivity index (χ1v) is 3.89. The molecular formula is C7H13NO2. The molecule has 2 heterocycles. The molecule has 2 fully saturated rings. The third kappa shape index (κ3) is 0.856. The normalized spacial score (nSPS) is 53.4. The molecule has 0 radical (unpaired) electrons. The van der Waals surface area contributed by atoms with Crippen molar-refractivity contribution in [2.45, 2.75) is 43.6 Å². The average Bonchev–Trinajstić information content (AvgIpc) is 2.29. The molecule has 2 rings (SSSR count). The van der Waals surface area contributed by atoms with E-state index in [1.165, 1.54) is 0 Å². The van der Waals surface area contributed by atoms with Crippen LogP contribution in [0.3, 0.4) is 0 Å². The zero-order valence-corrected chi connectivity index (χ0v) is 5.83. The fraction of sp³-hybridized carbons (Fsp3) is 1.00. The van der Waals surface area contributed by atoms with Crippen molar-refractivity contribution in [2.75, 3.05) is 0 Å². The fourth-order valence-electron chi connectivity index (χ4n) is 2.00. The molecule has 2 aliphatic heterocycles. The molecular weight excluding hydrogens is 130 g/mol. The van der Waals surface area contributed by atoms with E-state index < -0.39 is 12.2 Å². The molecule has 0 aromatic rings. The largest absolute Gasteiger partial charge is 0.390 e. The van der Waals surface area contributed by atoms with Gasteiger partial charge in [0.25, 0.3) is 0 Å². The lowest BCUT2D eigenvalue weighted by atomic mass is 10.00. The number of fused-ring (bicyclic) bond motifs is 2. The van der Waals surface area contributed by atoms with E-state index in [1.54, 1.807) is 0 Å². The highest BCUT2D eigenvalue weighted by atomic mass is 16.3. The summed E-state index contributed by atoms with van der Waals surface area (Å²) in [6.45, 7) is 0. The van der Waals surface area contributed by atoms with Gasteiger partial charge in [-0.15, -0.1) is 0 Å². The maximum absolute atomic E-state index is 9.35. The topological polar surface area (TPSA) is 52.5 Å². The monoisotopic (exact) mass is 143 g/mol. The van der Waals surface area contributed by atoms with Crippen molar-refractivity contribution in [3.8, 4) is 0 Å². The summed E-state index contributed by atoms with van der Waals surface area (Å²) in [7, 11) is 0. The van der Waals surface area contributed by atoms with Crippen LogP contribution in [0.5, 0.6) is 0 Å². The van der Waals surface area contributed by atoms with Gasteiger partial charge >= 0.3 is 0 Å². The number of hydrogen-bond donors (Lipinski definition) is 3.